The quantitative estimate of drug-likeness (QED) is 0.448. The Labute approximate surface area is 174 Å². The van der Waals surface area contributed by atoms with Gasteiger partial charge in [0.1, 0.15) is 11.5 Å². The monoisotopic (exact) mass is 404 g/mol. The number of benzene rings is 2. The van der Waals surface area contributed by atoms with E-state index in [0.717, 1.165) is 41.4 Å². The zero-order valence-corrected chi connectivity index (χ0v) is 16.6. The topological polar surface area (TPSA) is 42.7 Å². The Hall–Kier alpha value is -3.38. The SMILES string of the molecule is Cc1ccccc1-c1nn(-c2ccc(F)cc2F)cc1CNCCc1ccncc1. The Morgan fingerprint density at radius 1 is 1.00 bits per heavy atom. The predicted octanol–water partition coefficient (Wildman–Crippen LogP) is 4.85. The third kappa shape index (κ3) is 4.44. The molecule has 0 bridgehead atoms. The maximum Gasteiger partial charge on any atom is 0.151 e. The molecule has 0 saturated carbocycles. The van der Waals surface area contributed by atoms with Gasteiger partial charge in [0.2, 0.25) is 0 Å². The van der Waals surface area contributed by atoms with Crippen LogP contribution < -0.4 is 5.32 Å². The molecule has 0 spiro atoms. The smallest absolute Gasteiger partial charge is 0.151 e. The minimum absolute atomic E-state index is 0.217. The molecule has 0 aliphatic heterocycles. The third-order valence-corrected chi connectivity index (χ3v) is 5.00. The molecule has 30 heavy (non-hydrogen) atoms. The van der Waals surface area contributed by atoms with Crippen molar-refractivity contribution in [2.75, 3.05) is 6.54 Å². The van der Waals surface area contributed by atoms with E-state index in [2.05, 4.69) is 15.4 Å². The minimum atomic E-state index is -0.647. The van der Waals surface area contributed by atoms with Crippen LogP contribution in [-0.2, 0) is 13.0 Å². The summed E-state index contributed by atoms with van der Waals surface area (Å²) in [6.45, 7) is 3.39. The van der Waals surface area contributed by atoms with Crippen LogP contribution in [0.2, 0.25) is 0 Å². The number of hydrogen-bond acceptors (Lipinski definition) is 3. The van der Waals surface area contributed by atoms with Crippen LogP contribution >= 0.6 is 0 Å². The molecule has 2 heterocycles. The summed E-state index contributed by atoms with van der Waals surface area (Å²) in [5.41, 5.74) is 5.23. The fraction of sp³-hybridized carbons (Fsp3) is 0.167. The van der Waals surface area contributed by atoms with E-state index in [1.54, 1.807) is 18.6 Å². The van der Waals surface area contributed by atoms with Gasteiger partial charge >= 0.3 is 0 Å². The number of pyridine rings is 1. The maximum absolute atomic E-state index is 14.3. The van der Waals surface area contributed by atoms with E-state index in [0.29, 0.717) is 6.54 Å². The van der Waals surface area contributed by atoms with Crippen molar-refractivity contribution in [1.29, 1.82) is 0 Å². The van der Waals surface area contributed by atoms with Crippen LogP contribution in [0.4, 0.5) is 8.78 Å². The van der Waals surface area contributed by atoms with Gasteiger partial charge in [0.15, 0.2) is 5.82 Å². The molecule has 4 aromatic rings. The number of rotatable bonds is 7. The lowest BCUT2D eigenvalue weighted by Gasteiger charge is -2.07. The summed E-state index contributed by atoms with van der Waals surface area (Å²) >= 11 is 0. The number of nitrogens with one attached hydrogen (secondary N) is 1. The van der Waals surface area contributed by atoms with Crippen molar-refractivity contribution in [3.05, 3.63) is 102 Å². The van der Waals surface area contributed by atoms with Crippen molar-refractivity contribution in [1.82, 2.24) is 20.1 Å². The molecule has 0 fully saturated rings. The van der Waals surface area contributed by atoms with Gasteiger partial charge in [-0.2, -0.15) is 5.10 Å². The maximum atomic E-state index is 14.3. The highest BCUT2D eigenvalue weighted by Gasteiger charge is 2.16. The summed E-state index contributed by atoms with van der Waals surface area (Å²) in [4.78, 5) is 4.03. The van der Waals surface area contributed by atoms with Gasteiger partial charge in [-0.25, -0.2) is 13.5 Å². The lowest BCUT2D eigenvalue weighted by atomic mass is 10.0. The summed E-state index contributed by atoms with van der Waals surface area (Å²) in [7, 11) is 0. The van der Waals surface area contributed by atoms with Crippen LogP contribution in [0.1, 0.15) is 16.7 Å². The number of nitrogens with zero attached hydrogens (tertiary/aromatic N) is 3. The van der Waals surface area contributed by atoms with Crippen LogP contribution in [0.25, 0.3) is 16.9 Å². The normalized spacial score (nSPS) is 11.0. The van der Waals surface area contributed by atoms with E-state index < -0.39 is 11.6 Å². The largest absolute Gasteiger partial charge is 0.312 e. The first-order chi connectivity index (χ1) is 14.6. The second-order valence-electron chi connectivity index (χ2n) is 7.14. The van der Waals surface area contributed by atoms with Gasteiger partial charge in [-0.3, -0.25) is 4.98 Å². The second-order valence-corrected chi connectivity index (χ2v) is 7.14. The van der Waals surface area contributed by atoms with Gasteiger partial charge in [0.25, 0.3) is 0 Å². The lowest BCUT2D eigenvalue weighted by Crippen LogP contribution is -2.16. The van der Waals surface area contributed by atoms with Crippen molar-refractivity contribution in [2.24, 2.45) is 0 Å². The van der Waals surface area contributed by atoms with Crippen LogP contribution in [0, 0.1) is 18.6 Å². The average molecular weight is 404 g/mol. The highest BCUT2D eigenvalue weighted by molar-refractivity contribution is 5.66. The van der Waals surface area contributed by atoms with Crippen molar-refractivity contribution in [2.45, 2.75) is 19.9 Å². The van der Waals surface area contributed by atoms with Crippen molar-refractivity contribution >= 4 is 0 Å². The molecular weight excluding hydrogens is 382 g/mol. The number of halogens is 2. The van der Waals surface area contributed by atoms with E-state index in [9.17, 15) is 8.78 Å². The Balaban J connectivity index is 1.60. The second kappa shape index (κ2) is 8.97. The fourth-order valence-corrected chi connectivity index (χ4v) is 3.40. The molecule has 6 heteroatoms. The Kier molecular flexibility index (Phi) is 5.95. The predicted molar refractivity (Wildman–Crippen MR) is 113 cm³/mol. The Bertz CT molecular complexity index is 1140. The first-order valence-electron chi connectivity index (χ1n) is 9.81. The van der Waals surface area contributed by atoms with E-state index in [4.69, 9.17) is 0 Å². The fourth-order valence-electron chi connectivity index (χ4n) is 3.40. The number of aryl methyl sites for hydroxylation is 1. The zero-order valence-electron chi connectivity index (χ0n) is 16.6. The molecule has 152 valence electrons. The summed E-state index contributed by atoms with van der Waals surface area (Å²) in [5.74, 6) is -1.26. The average Bonchev–Trinajstić information content (AvgIpc) is 3.16. The minimum Gasteiger partial charge on any atom is -0.312 e. The molecule has 0 atom stereocenters. The van der Waals surface area contributed by atoms with Crippen LogP contribution in [-0.4, -0.2) is 21.3 Å². The van der Waals surface area contributed by atoms with E-state index in [-0.39, 0.29) is 5.69 Å². The molecule has 2 aromatic carbocycles. The Morgan fingerprint density at radius 2 is 1.80 bits per heavy atom. The van der Waals surface area contributed by atoms with Gasteiger partial charge in [-0.05, 0) is 55.3 Å². The van der Waals surface area contributed by atoms with Crippen LogP contribution in [0.3, 0.4) is 0 Å². The molecule has 1 N–H and O–H groups in total. The van der Waals surface area contributed by atoms with Gasteiger partial charge in [0, 0.05) is 42.3 Å². The molecule has 0 radical (unpaired) electrons. The summed E-state index contributed by atoms with van der Waals surface area (Å²) in [6, 6.07) is 15.5. The molecule has 4 rings (SSSR count). The lowest BCUT2D eigenvalue weighted by molar-refractivity contribution is 0.573. The van der Waals surface area contributed by atoms with Crippen LogP contribution in [0.5, 0.6) is 0 Å². The molecule has 4 nitrogen and oxygen atoms in total. The summed E-state index contributed by atoms with van der Waals surface area (Å²) in [5, 5.41) is 8.09. The molecule has 0 unspecified atom stereocenters. The van der Waals surface area contributed by atoms with E-state index in [1.165, 1.54) is 22.4 Å². The molecule has 0 saturated heterocycles. The molecule has 2 aromatic heterocycles. The van der Waals surface area contributed by atoms with Crippen molar-refractivity contribution in [3.8, 4) is 16.9 Å². The standard InChI is InChI=1S/C24H22F2N4/c1-17-4-2-3-5-21(17)24-19(15-28-13-10-18-8-11-27-12-9-18)16-30(29-24)23-7-6-20(25)14-22(23)26/h2-9,11-12,14,16,28H,10,13,15H2,1H3. The molecule has 0 aliphatic rings. The highest BCUT2D eigenvalue weighted by atomic mass is 19.1. The van der Waals surface area contributed by atoms with E-state index in [1.807, 2.05) is 43.3 Å². The van der Waals surface area contributed by atoms with Gasteiger partial charge < -0.3 is 5.32 Å². The van der Waals surface area contributed by atoms with Gasteiger partial charge in [-0.15, -0.1) is 0 Å². The first-order valence-corrected chi connectivity index (χ1v) is 9.81. The highest BCUT2D eigenvalue weighted by Crippen LogP contribution is 2.27. The Morgan fingerprint density at radius 3 is 2.57 bits per heavy atom. The number of hydrogen-bond donors (Lipinski definition) is 1. The number of aromatic nitrogens is 3. The zero-order chi connectivity index (χ0) is 20.9. The van der Waals surface area contributed by atoms with Crippen molar-refractivity contribution < 1.29 is 8.78 Å². The summed E-state index contributed by atoms with van der Waals surface area (Å²) < 4.78 is 29.1. The van der Waals surface area contributed by atoms with Gasteiger partial charge in [-0.1, -0.05) is 24.3 Å². The molecule has 0 aliphatic carbocycles. The molecular formula is C24H22F2N4. The summed E-state index contributed by atoms with van der Waals surface area (Å²) in [6.07, 6.45) is 6.25. The van der Waals surface area contributed by atoms with Crippen LogP contribution in [0.15, 0.2) is 73.2 Å². The third-order valence-electron chi connectivity index (χ3n) is 5.00. The first kappa shape index (κ1) is 19.9. The molecule has 0 amide bonds. The van der Waals surface area contributed by atoms with E-state index >= 15 is 0 Å². The van der Waals surface area contributed by atoms with Gasteiger partial charge in [0.05, 0.1) is 5.69 Å². The van der Waals surface area contributed by atoms with Crippen molar-refractivity contribution in [3.63, 3.8) is 0 Å².